The number of carbonyl (C=O) groups excluding carboxylic acids is 3. The molecule has 0 spiro atoms. The van der Waals surface area contributed by atoms with Crippen molar-refractivity contribution in [3.05, 3.63) is 64.1 Å². The first kappa shape index (κ1) is 26.1. The number of aryl methyl sites for hydroxylation is 3. The monoisotopic (exact) mass is 506 g/mol. The Kier molecular flexibility index (Phi) is 8.05. The van der Waals surface area contributed by atoms with Crippen LogP contribution in [0.3, 0.4) is 0 Å². The van der Waals surface area contributed by atoms with Crippen LogP contribution in [0.15, 0.2) is 30.3 Å². The number of aromatic nitrogens is 3. The number of alkyl carbamates (subject to hydrolysis) is 1. The number of benzene rings is 1. The van der Waals surface area contributed by atoms with Crippen LogP contribution in [0, 0.1) is 19.8 Å². The molecule has 0 radical (unpaired) electrons. The van der Waals surface area contributed by atoms with E-state index in [0.29, 0.717) is 37.7 Å². The van der Waals surface area contributed by atoms with Gasteiger partial charge in [0.2, 0.25) is 5.91 Å². The molecule has 3 aromatic rings. The molecule has 1 saturated carbocycles. The van der Waals surface area contributed by atoms with Crippen molar-refractivity contribution in [3.8, 4) is 0 Å². The summed E-state index contributed by atoms with van der Waals surface area (Å²) in [5, 5.41) is 7.51. The van der Waals surface area contributed by atoms with Crippen LogP contribution in [-0.4, -0.2) is 45.7 Å². The van der Waals surface area contributed by atoms with Crippen molar-refractivity contribution < 1.29 is 19.1 Å². The molecule has 1 aliphatic rings. The summed E-state index contributed by atoms with van der Waals surface area (Å²) < 4.78 is 6.52. The number of rotatable bonds is 6. The lowest BCUT2D eigenvalue weighted by Gasteiger charge is -2.27. The first-order valence-electron chi connectivity index (χ1n) is 12.7. The molecule has 0 bridgehead atoms. The molecule has 3 N–H and O–H groups in total. The van der Waals surface area contributed by atoms with Gasteiger partial charge in [-0.25, -0.2) is 14.3 Å². The van der Waals surface area contributed by atoms with E-state index in [0.717, 1.165) is 40.3 Å². The van der Waals surface area contributed by atoms with Crippen molar-refractivity contribution in [2.24, 2.45) is 5.92 Å². The van der Waals surface area contributed by atoms with Crippen LogP contribution in [-0.2, 0) is 22.4 Å². The van der Waals surface area contributed by atoms with Crippen molar-refractivity contribution in [2.75, 3.05) is 7.11 Å². The molecule has 4 rings (SSSR count). The van der Waals surface area contributed by atoms with Crippen molar-refractivity contribution in [2.45, 2.75) is 65.3 Å². The van der Waals surface area contributed by atoms with Crippen LogP contribution < -0.4 is 16.2 Å². The van der Waals surface area contributed by atoms with E-state index in [9.17, 15) is 14.4 Å². The Morgan fingerprint density at radius 1 is 1.05 bits per heavy atom. The lowest BCUT2D eigenvalue weighted by atomic mass is 9.85. The van der Waals surface area contributed by atoms with Crippen LogP contribution in [0.25, 0.3) is 5.65 Å². The topological polar surface area (TPSA) is 127 Å². The molecule has 2 aromatic heterocycles. The highest BCUT2D eigenvalue weighted by atomic mass is 16.5. The summed E-state index contributed by atoms with van der Waals surface area (Å²) in [6, 6.07) is 9.35. The molecular formula is C27H34N6O4. The number of carbonyl (C=O) groups is 3. The molecule has 2 heterocycles. The maximum absolute atomic E-state index is 12.6. The van der Waals surface area contributed by atoms with E-state index in [1.165, 1.54) is 7.11 Å². The van der Waals surface area contributed by atoms with Crippen molar-refractivity contribution in [1.82, 2.24) is 30.8 Å². The lowest BCUT2D eigenvalue weighted by molar-refractivity contribution is -0.126. The minimum absolute atomic E-state index is 0.00239. The van der Waals surface area contributed by atoms with Gasteiger partial charge >= 0.3 is 6.09 Å². The quantitative estimate of drug-likeness (QED) is 0.441. The maximum Gasteiger partial charge on any atom is 0.407 e. The summed E-state index contributed by atoms with van der Waals surface area (Å²) in [6.07, 6.45) is 3.63. The van der Waals surface area contributed by atoms with Crippen molar-refractivity contribution >= 4 is 23.6 Å². The number of hydrogen-bond acceptors (Lipinski definition) is 6. The number of hydrogen-bond donors (Lipinski definition) is 3. The van der Waals surface area contributed by atoms with Crippen molar-refractivity contribution in [1.29, 1.82) is 0 Å². The Labute approximate surface area is 216 Å². The number of amides is 3. The molecule has 0 unspecified atom stereocenters. The van der Waals surface area contributed by atoms with E-state index in [4.69, 9.17) is 10.1 Å². The summed E-state index contributed by atoms with van der Waals surface area (Å²) in [5.41, 5.74) is 11.5. The van der Waals surface area contributed by atoms with Gasteiger partial charge in [0.25, 0.3) is 5.91 Å². The zero-order valence-corrected chi connectivity index (χ0v) is 21.8. The summed E-state index contributed by atoms with van der Waals surface area (Å²) >= 11 is 0. The summed E-state index contributed by atoms with van der Waals surface area (Å²) in [5.74, 6) is -0.809. The highest BCUT2D eigenvalue weighted by molar-refractivity contribution is 5.95. The third kappa shape index (κ3) is 6.07. The Balaban J connectivity index is 1.33. The molecule has 37 heavy (non-hydrogen) atoms. The van der Waals surface area contributed by atoms with Gasteiger partial charge in [-0.2, -0.15) is 5.10 Å². The Morgan fingerprint density at radius 3 is 2.41 bits per heavy atom. The zero-order chi connectivity index (χ0) is 26.5. The molecule has 1 fully saturated rings. The normalized spacial score (nSPS) is 17.3. The van der Waals surface area contributed by atoms with E-state index in [2.05, 4.69) is 27.8 Å². The molecule has 0 atom stereocenters. The number of hydrazine groups is 1. The van der Waals surface area contributed by atoms with Gasteiger partial charge in [0.05, 0.1) is 12.8 Å². The predicted octanol–water partition coefficient (Wildman–Crippen LogP) is 3.18. The average Bonchev–Trinajstić information content (AvgIpc) is 3.25. The fourth-order valence-corrected chi connectivity index (χ4v) is 4.87. The summed E-state index contributed by atoms with van der Waals surface area (Å²) in [7, 11) is 1.33. The summed E-state index contributed by atoms with van der Waals surface area (Å²) in [6.45, 7) is 6.09. The van der Waals surface area contributed by atoms with Crippen LogP contribution in [0.2, 0.25) is 0 Å². The molecule has 1 aliphatic carbocycles. The Morgan fingerprint density at radius 2 is 1.76 bits per heavy atom. The van der Waals surface area contributed by atoms with Gasteiger partial charge in [0.15, 0.2) is 5.65 Å². The third-order valence-electron chi connectivity index (χ3n) is 6.91. The van der Waals surface area contributed by atoms with Gasteiger partial charge in [-0.15, -0.1) is 0 Å². The number of ether oxygens (including phenoxy) is 1. The maximum atomic E-state index is 12.6. The first-order chi connectivity index (χ1) is 17.8. The van der Waals surface area contributed by atoms with Gasteiger partial charge < -0.3 is 10.1 Å². The molecule has 1 aromatic carbocycles. The summed E-state index contributed by atoms with van der Waals surface area (Å²) in [4.78, 5) is 41.2. The van der Waals surface area contributed by atoms with Gasteiger partial charge in [-0.3, -0.25) is 20.4 Å². The minimum atomic E-state index is -0.461. The fourth-order valence-electron chi connectivity index (χ4n) is 4.87. The number of methoxy groups -OCH3 is 1. The minimum Gasteiger partial charge on any atom is -0.453 e. The zero-order valence-electron chi connectivity index (χ0n) is 21.8. The predicted molar refractivity (Wildman–Crippen MR) is 138 cm³/mol. The van der Waals surface area contributed by atoms with E-state index >= 15 is 0 Å². The second-order valence-electron chi connectivity index (χ2n) is 9.55. The molecule has 3 amide bonds. The largest absolute Gasteiger partial charge is 0.453 e. The van der Waals surface area contributed by atoms with Crippen LogP contribution in [0.4, 0.5) is 4.79 Å². The number of fused-ring (bicyclic) bond motifs is 1. The molecule has 10 heteroatoms. The molecular weight excluding hydrogens is 472 g/mol. The second kappa shape index (κ2) is 11.4. The SMILES string of the molecule is CCc1nn2c(C)cc(C)nc2c1Cc1ccc(C(=O)NNC(=O)C2CCC(NC(=O)OC)CC2)cc1. The van der Waals surface area contributed by atoms with E-state index in [-0.39, 0.29) is 23.8 Å². The van der Waals surface area contributed by atoms with E-state index in [1.54, 1.807) is 12.1 Å². The molecule has 0 saturated heterocycles. The van der Waals surface area contributed by atoms with Gasteiger partial charge in [-0.05, 0) is 69.7 Å². The van der Waals surface area contributed by atoms with Gasteiger partial charge in [0, 0.05) is 40.9 Å². The fraction of sp³-hybridized carbons (Fsp3) is 0.444. The van der Waals surface area contributed by atoms with E-state index in [1.807, 2.05) is 36.6 Å². The standard InChI is InChI=1S/C27H34N6O4/c1-5-23-22(24-28-16(2)14-17(3)33(24)32-23)15-18-6-8-19(9-7-18)25(34)30-31-26(35)20-10-12-21(13-11-20)29-27(36)37-4/h6-9,14,20-21H,5,10-13,15H2,1-4H3,(H,29,36)(H,30,34)(H,31,35). The molecule has 0 aliphatic heterocycles. The Hall–Kier alpha value is -3.95. The molecule has 196 valence electrons. The lowest BCUT2D eigenvalue weighted by Crippen LogP contribution is -2.46. The smallest absolute Gasteiger partial charge is 0.407 e. The average molecular weight is 507 g/mol. The second-order valence-corrected chi connectivity index (χ2v) is 9.55. The van der Waals surface area contributed by atoms with Crippen molar-refractivity contribution in [3.63, 3.8) is 0 Å². The highest BCUT2D eigenvalue weighted by Crippen LogP contribution is 2.24. The van der Waals surface area contributed by atoms with Gasteiger partial charge in [-0.1, -0.05) is 19.1 Å². The third-order valence-corrected chi connectivity index (χ3v) is 6.91. The Bertz CT molecular complexity index is 1290. The highest BCUT2D eigenvalue weighted by Gasteiger charge is 2.27. The van der Waals surface area contributed by atoms with Gasteiger partial charge in [0.1, 0.15) is 0 Å². The number of nitrogens with zero attached hydrogens (tertiary/aromatic N) is 3. The van der Waals surface area contributed by atoms with Crippen LogP contribution >= 0.6 is 0 Å². The van der Waals surface area contributed by atoms with E-state index < -0.39 is 6.09 Å². The number of nitrogens with one attached hydrogen (secondary N) is 3. The van der Waals surface area contributed by atoms with Crippen LogP contribution in [0.1, 0.15) is 71.2 Å². The molecule has 10 nitrogen and oxygen atoms in total. The first-order valence-corrected chi connectivity index (χ1v) is 12.7. The van der Waals surface area contributed by atoms with Crippen LogP contribution in [0.5, 0.6) is 0 Å².